The van der Waals surface area contributed by atoms with Crippen molar-refractivity contribution in [3.63, 3.8) is 0 Å². The van der Waals surface area contributed by atoms with Gasteiger partial charge >= 0.3 is 0 Å². The highest BCUT2D eigenvalue weighted by Crippen LogP contribution is 2.34. The molecule has 0 unspecified atom stereocenters. The van der Waals surface area contributed by atoms with Gasteiger partial charge in [0.2, 0.25) is 5.95 Å². The van der Waals surface area contributed by atoms with E-state index in [1.807, 2.05) is 30.3 Å². The zero-order chi connectivity index (χ0) is 22.3. The highest BCUT2D eigenvalue weighted by Gasteiger charge is 2.16. The molecule has 4 rings (SSSR count). The summed E-state index contributed by atoms with van der Waals surface area (Å²) in [5, 5.41) is 6.97. The molecule has 0 bridgehead atoms. The molecule has 0 radical (unpaired) electrons. The molecule has 3 aromatic rings. The summed E-state index contributed by atoms with van der Waals surface area (Å²) >= 11 is 8.04. The summed E-state index contributed by atoms with van der Waals surface area (Å²) in [6.07, 6.45) is 6.61. The van der Waals surface area contributed by atoms with Crippen LogP contribution in [0.2, 0.25) is 5.02 Å². The molecule has 1 aromatic heterocycles. The Morgan fingerprint density at radius 1 is 1.00 bits per heavy atom. The number of ether oxygens (including phenoxy) is 2. The maximum absolute atomic E-state index is 6.40. The summed E-state index contributed by atoms with van der Waals surface area (Å²) in [5.41, 5.74) is 1.65. The number of hydrogen-bond acceptors (Lipinski definition) is 8. The van der Waals surface area contributed by atoms with E-state index in [9.17, 15) is 0 Å². The molecule has 1 saturated carbocycles. The minimum atomic E-state index is 0.398. The third kappa shape index (κ3) is 5.56. The van der Waals surface area contributed by atoms with Crippen LogP contribution in [0.1, 0.15) is 25.7 Å². The van der Waals surface area contributed by atoms with Crippen LogP contribution in [-0.2, 0) is 0 Å². The average Bonchev–Trinajstić information content (AvgIpc) is 3.34. The second kappa shape index (κ2) is 10.8. The molecule has 32 heavy (non-hydrogen) atoms. The van der Waals surface area contributed by atoms with Gasteiger partial charge in [0.25, 0.3) is 0 Å². The molecule has 2 aromatic carbocycles. The molecule has 0 spiro atoms. The minimum Gasteiger partial charge on any atom is -0.497 e. The van der Waals surface area contributed by atoms with Crippen molar-refractivity contribution < 1.29 is 9.47 Å². The molecule has 0 saturated heterocycles. The number of benzene rings is 2. The highest BCUT2D eigenvalue weighted by molar-refractivity contribution is 7.97. The first-order valence-electron chi connectivity index (χ1n) is 10.5. The SMILES string of the molecule is COc1ccc(Nc2ncc(Cl)c(Nc3ccccc3SNC3CCCC3)n2)c(OC)c1. The summed E-state index contributed by atoms with van der Waals surface area (Å²) in [4.78, 5) is 9.97. The third-order valence-corrected chi connectivity index (χ3v) is 6.53. The fourth-order valence-corrected chi connectivity index (χ4v) is 4.56. The van der Waals surface area contributed by atoms with Crippen LogP contribution in [0.3, 0.4) is 0 Å². The van der Waals surface area contributed by atoms with Crippen molar-refractivity contribution >= 4 is 46.7 Å². The lowest BCUT2D eigenvalue weighted by molar-refractivity contribution is 0.395. The molecule has 1 aliphatic carbocycles. The number of anilines is 4. The van der Waals surface area contributed by atoms with E-state index in [0.717, 1.165) is 16.3 Å². The van der Waals surface area contributed by atoms with Gasteiger partial charge in [-0.3, -0.25) is 4.72 Å². The van der Waals surface area contributed by atoms with Crippen molar-refractivity contribution in [2.45, 2.75) is 36.6 Å². The number of nitrogens with zero attached hydrogens (tertiary/aromatic N) is 2. The lowest BCUT2D eigenvalue weighted by Gasteiger charge is -2.16. The Hall–Kier alpha value is -2.68. The third-order valence-electron chi connectivity index (χ3n) is 5.23. The Kier molecular flexibility index (Phi) is 7.57. The van der Waals surface area contributed by atoms with Crippen LogP contribution in [0.25, 0.3) is 0 Å². The van der Waals surface area contributed by atoms with Crippen molar-refractivity contribution in [1.29, 1.82) is 0 Å². The fraction of sp³-hybridized carbons (Fsp3) is 0.304. The Labute approximate surface area is 197 Å². The summed E-state index contributed by atoms with van der Waals surface area (Å²) < 4.78 is 14.3. The van der Waals surface area contributed by atoms with Crippen molar-refractivity contribution in [2.24, 2.45) is 0 Å². The molecular formula is C23H26ClN5O2S. The number of para-hydroxylation sites is 1. The van der Waals surface area contributed by atoms with Crippen LogP contribution >= 0.6 is 23.5 Å². The van der Waals surface area contributed by atoms with Gasteiger partial charge in [-0.1, -0.05) is 36.6 Å². The molecule has 0 aliphatic heterocycles. The van der Waals surface area contributed by atoms with Crippen molar-refractivity contribution in [1.82, 2.24) is 14.7 Å². The maximum Gasteiger partial charge on any atom is 0.229 e. The molecule has 1 fully saturated rings. The number of aromatic nitrogens is 2. The summed E-state index contributed by atoms with van der Waals surface area (Å²) in [5.74, 6) is 2.24. The number of rotatable bonds is 9. The molecule has 9 heteroatoms. The van der Waals surface area contributed by atoms with Gasteiger partial charge in [0.05, 0.1) is 31.8 Å². The van der Waals surface area contributed by atoms with Crippen LogP contribution in [0.15, 0.2) is 53.6 Å². The molecular weight excluding hydrogens is 446 g/mol. The molecule has 168 valence electrons. The zero-order valence-electron chi connectivity index (χ0n) is 18.0. The fourth-order valence-electron chi connectivity index (χ4n) is 3.51. The molecule has 1 aliphatic rings. The van der Waals surface area contributed by atoms with E-state index in [-0.39, 0.29) is 0 Å². The maximum atomic E-state index is 6.40. The normalized spacial score (nSPS) is 13.7. The molecule has 0 atom stereocenters. The van der Waals surface area contributed by atoms with Gasteiger partial charge in [-0.15, -0.1) is 0 Å². The largest absolute Gasteiger partial charge is 0.497 e. The van der Waals surface area contributed by atoms with Crippen LogP contribution in [-0.4, -0.2) is 30.2 Å². The second-order valence-electron chi connectivity index (χ2n) is 7.40. The number of nitrogens with one attached hydrogen (secondary N) is 3. The number of methoxy groups -OCH3 is 2. The van der Waals surface area contributed by atoms with E-state index in [2.05, 4.69) is 31.4 Å². The number of halogens is 1. The van der Waals surface area contributed by atoms with Crippen molar-refractivity contribution in [3.8, 4) is 11.5 Å². The quantitative estimate of drug-likeness (QED) is 0.319. The van der Waals surface area contributed by atoms with E-state index in [0.29, 0.717) is 34.3 Å². The topological polar surface area (TPSA) is 80.3 Å². The second-order valence-corrected chi connectivity index (χ2v) is 8.69. The Bertz CT molecular complexity index is 1060. The van der Waals surface area contributed by atoms with Gasteiger partial charge in [-0.2, -0.15) is 4.98 Å². The van der Waals surface area contributed by atoms with Crippen LogP contribution < -0.4 is 24.8 Å². The van der Waals surface area contributed by atoms with Gasteiger partial charge < -0.3 is 20.1 Å². The van der Waals surface area contributed by atoms with Crippen molar-refractivity contribution in [3.05, 3.63) is 53.7 Å². The standard InChI is InChI=1S/C23H26ClN5O2S/c1-30-16-11-12-18(20(13-16)31-2)27-23-25-14-17(24)22(28-23)26-19-9-5-6-10-21(19)32-29-15-7-3-4-8-15/h5-6,9-15,29H,3-4,7-8H2,1-2H3,(H2,25,26,27,28). The molecule has 3 N–H and O–H groups in total. The lowest BCUT2D eigenvalue weighted by atomic mass is 10.2. The van der Waals surface area contributed by atoms with E-state index >= 15 is 0 Å². The summed E-state index contributed by atoms with van der Waals surface area (Å²) in [6.45, 7) is 0. The first-order chi connectivity index (χ1) is 15.7. The van der Waals surface area contributed by atoms with Gasteiger partial charge in [-0.05, 0) is 49.1 Å². The lowest BCUT2D eigenvalue weighted by Crippen LogP contribution is -2.18. The monoisotopic (exact) mass is 471 g/mol. The zero-order valence-corrected chi connectivity index (χ0v) is 19.6. The van der Waals surface area contributed by atoms with Gasteiger partial charge in [0.15, 0.2) is 5.82 Å². The minimum absolute atomic E-state index is 0.398. The van der Waals surface area contributed by atoms with E-state index in [4.69, 9.17) is 21.1 Å². The summed E-state index contributed by atoms with van der Waals surface area (Å²) in [7, 11) is 3.21. The molecule has 1 heterocycles. The first kappa shape index (κ1) is 22.5. The average molecular weight is 472 g/mol. The highest BCUT2D eigenvalue weighted by atomic mass is 35.5. The van der Waals surface area contributed by atoms with Crippen LogP contribution in [0.4, 0.5) is 23.1 Å². The van der Waals surface area contributed by atoms with Crippen LogP contribution in [0, 0.1) is 0 Å². The van der Waals surface area contributed by atoms with E-state index < -0.39 is 0 Å². The smallest absolute Gasteiger partial charge is 0.229 e. The predicted octanol–water partition coefficient (Wildman–Crippen LogP) is 6.17. The predicted molar refractivity (Wildman–Crippen MR) is 131 cm³/mol. The first-order valence-corrected chi connectivity index (χ1v) is 11.7. The van der Waals surface area contributed by atoms with Gasteiger partial charge in [0.1, 0.15) is 16.5 Å². The van der Waals surface area contributed by atoms with Gasteiger partial charge in [0, 0.05) is 17.0 Å². The Morgan fingerprint density at radius 3 is 2.59 bits per heavy atom. The molecule has 7 nitrogen and oxygen atoms in total. The van der Waals surface area contributed by atoms with E-state index in [1.54, 1.807) is 38.4 Å². The van der Waals surface area contributed by atoms with Crippen LogP contribution in [0.5, 0.6) is 11.5 Å². The Balaban J connectivity index is 1.51. The molecule has 0 amide bonds. The number of hydrogen-bond donors (Lipinski definition) is 3. The van der Waals surface area contributed by atoms with E-state index in [1.165, 1.54) is 25.7 Å². The van der Waals surface area contributed by atoms with Crippen molar-refractivity contribution in [2.75, 3.05) is 24.9 Å². The Morgan fingerprint density at radius 2 is 1.81 bits per heavy atom. The summed E-state index contributed by atoms with van der Waals surface area (Å²) in [6, 6.07) is 14.1. The van der Waals surface area contributed by atoms with Gasteiger partial charge in [-0.25, -0.2) is 4.98 Å².